The van der Waals surface area contributed by atoms with Crippen molar-refractivity contribution in [3.05, 3.63) is 70.8 Å². The van der Waals surface area contributed by atoms with E-state index in [0.717, 1.165) is 18.7 Å². The fourth-order valence-corrected chi connectivity index (χ4v) is 4.32. The number of rotatable bonds is 4. The molecule has 4 nitrogen and oxygen atoms in total. The fraction of sp³-hybridized carbons (Fsp3) is 0.364. The molecule has 2 aromatic carbocycles. The highest BCUT2D eigenvalue weighted by Gasteiger charge is 2.41. The number of carbonyl (C=O) groups is 1. The molecule has 0 radical (unpaired) electrons. The van der Waals surface area contributed by atoms with Crippen molar-refractivity contribution in [2.24, 2.45) is 5.92 Å². The number of benzene rings is 2. The van der Waals surface area contributed by atoms with Gasteiger partial charge in [-0.1, -0.05) is 30.3 Å². The summed E-state index contributed by atoms with van der Waals surface area (Å²) >= 11 is 0. The van der Waals surface area contributed by atoms with Gasteiger partial charge in [0.1, 0.15) is 0 Å². The molecule has 2 atom stereocenters. The summed E-state index contributed by atoms with van der Waals surface area (Å²) in [4.78, 5) is 15.4. The predicted molar refractivity (Wildman–Crippen MR) is 98.5 cm³/mol. The Morgan fingerprint density at radius 3 is 2.39 bits per heavy atom. The minimum atomic E-state index is -1.11. The third-order valence-corrected chi connectivity index (χ3v) is 5.70. The van der Waals surface area contributed by atoms with Crippen LogP contribution < -0.4 is 0 Å². The van der Waals surface area contributed by atoms with Gasteiger partial charge in [-0.2, -0.15) is 5.26 Å². The van der Waals surface area contributed by atoms with Gasteiger partial charge in [-0.05, 0) is 30.5 Å². The van der Waals surface area contributed by atoms with Gasteiger partial charge in [0.2, 0.25) is 0 Å². The van der Waals surface area contributed by atoms with E-state index >= 15 is 0 Å². The number of piperidine rings is 1. The smallest absolute Gasteiger partial charge is 0.167 e. The molecule has 0 aromatic heterocycles. The molecule has 6 heteroatoms. The number of ketones is 1. The van der Waals surface area contributed by atoms with E-state index in [1.54, 1.807) is 0 Å². The Morgan fingerprint density at radius 2 is 1.75 bits per heavy atom. The number of hydrogen-bond donors (Lipinski definition) is 0. The molecule has 2 bridgehead atoms. The van der Waals surface area contributed by atoms with Crippen LogP contribution in [0.2, 0.25) is 0 Å². The van der Waals surface area contributed by atoms with E-state index in [4.69, 9.17) is 4.74 Å². The third kappa shape index (κ3) is 3.56. The van der Waals surface area contributed by atoms with Crippen LogP contribution in [0.15, 0.2) is 42.5 Å². The normalized spacial score (nSPS) is 24.5. The second kappa shape index (κ2) is 7.78. The number of fused-ring (bicyclic) bond motifs is 2. The maximum atomic E-state index is 13.7. The van der Waals surface area contributed by atoms with E-state index in [9.17, 15) is 18.8 Å². The Hall–Kier alpha value is -2.62. The molecule has 0 amide bonds. The highest BCUT2D eigenvalue weighted by Crippen LogP contribution is 2.35. The molecule has 2 aromatic rings. The van der Waals surface area contributed by atoms with E-state index in [-0.39, 0.29) is 34.9 Å². The minimum absolute atomic E-state index is 0.0260. The maximum Gasteiger partial charge on any atom is 0.167 e. The van der Waals surface area contributed by atoms with Crippen LogP contribution in [0.5, 0.6) is 0 Å². The van der Waals surface area contributed by atoms with Gasteiger partial charge in [0.15, 0.2) is 17.4 Å². The Morgan fingerprint density at radius 1 is 1.11 bits per heavy atom. The van der Waals surface area contributed by atoms with Gasteiger partial charge < -0.3 is 4.74 Å². The predicted octanol–water partition coefficient (Wildman–Crippen LogP) is 3.70. The number of hydrogen-bond acceptors (Lipinski definition) is 4. The van der Waals surface area contributed by atoms with Crippen molar-refractivity contribution >= 4 is 5.78 Å². The first kappa shape index (κ1) is 18.7. The number of carbonyl (C=O) groups excluding carboxylic acids is 1. The average Bonchev–Trinajstić information content (AvgIpc) is 2.69. The van der Waals surface area contributed by atoms with Crippen LogP contribution in [0.3, 0.4) is 0 Å². The van der Waals surface area contributed by atoms with Gasteiger partial charge >= 0.3 is 0 Å². The summed E-state index contributed by atoms with van der Waals surface area (Å²) in [6, 6.07) is 13.8. The topological polar surface area (TPSA) is 53.3 Å². The quantitative estimate of drug-likeness (QED) is 0.757. The fourth-order valence-electron chi connectivity index (χ4n) is 4.32. The van der Waals surface area contributed by atoms with Gasteiger partial charge in [0, 0.05) is 30.1 Å². The molecule has 4 rings (SSSR count). The molecular formula is C22H20F2N2O2. The number of ether oxygens (including phenoxy) is 1. The first-order chi connectivity index (χ1) is 13.6. The standard InChI is InChI=1S/C22H20F2N2O2/c23-20-8-16(10-25)19(9-21(20)24)22(27)15-6-17-12-28-13-18(7-15)26(17)11-14-4-2-1-3-5-14/h1-5,8-9,15,17-18H,6-7,11-13H2. The van der Waals surface area contributed by atoms with E-state index in [2.05, 4.69) is 17.0 Å². The summed E-state index contributed by atoms with van der Waals surface area (Å²) in [6.07, 6.45) is 1.15. The Balaban J connectivity index is 1.55. The van der Waals surface area contributed by atoms with Gasteiger partial charge in [0.25, 0.3) is 0 Å². The Labute approximate surface area is 162 Å². The van der Waals surface area contributed by atoms with Crippen LogP contribution in [0.25, 0.3) is 0 Å². The average molecular weight is 382 g/mol. The lowest BCUT2D eigenvalue weighted by Gasteiger charge is -2.48. The molecule has 0 aliphatic carbocycles. The SMILES string of the molecule is N#Cc1cc(F)c(F)cc1C(=O)C1CC2COCC(C1)N2Cc1ccccc1. The van der Waals surface area contributed by atoms with Gasteiger partial charge in [-0.15, -0.1) is 0 Å². The van der Waals surface area contributed by atoms with Crippen LogP contribution in [0.1, 0.15) is 34.3 Å². The van der Waals surface area contributed by atoms with Gasteiger partial charge in [0.05, 0.1) is 24.8 Å². The van der Waals surface area contributed by atoms with Crippen molar-refractivity contribution in [3.8, 4) is 6.07 Å². The highest BCUT2D eigenvalue weighted by atomic mass is 19.2. The molecule has 2 fully saturated rings. The van der Waals surface area contributed by atoms with Crippen LogP contribution in [0.4, 0.5) is 8.78 Å². The third-order valence-electron chi connectivity index (χ3n) is 5.70. The van der Waals surface area contributed by atoms with Crippen molar-refractivity contribution in [1.82, 2.24) is 4.90 Å². The summed E-state index contributed by atoms with van der Waals surface area (Å²) < 4.78 is 32.8. The largest absolute Gasteiger partial charge is 0.378 e. The zero-order valence-electron chi connectivity index (χ0n) is 15.3. The summed E-state index contributed by atoms with van der Waals surface area (Å²) in [5, 5.41) is 9.23. The van der Waals surface area contributed by atoms with Crippen molar-refractivity contribution in [2.75, 3.05) is 13.2 Å². The maximum absolute atomic E-state index is 13.7. The molecule has 2 unspecified atom stereocenters. The van der Waals surface area contributed by atoms with Crippen LogP contribution in [0, 0.1) is 28.9 Å². The number of nitrogens with zero attached hydrogens (tertiary/aromatic N) is 2. The van der Waals surface area contributed by atoms with Crippen molar-refractivity contribution in [2.45, 2.75) is 31.5 Å². The second-order valence-corrected chi connectivity index (χ2v) is 7.46. The lowest BCUT2D eigenvalue weighted by molar-refractivity contribution is -0.0872. The van der Waals surface area contributed by atoms with E-state index in [0.29, 0.717) is 26.1 Å². The first-order valence-electron chi connectivity index (χ1n) is 9.37. The molecule has 144 valence electrons. The zero-order chi connectivity index (χ0) is 19.7. The van der Waals surface area contributed by atoms with Crippen LogP contribution in [-0.2, 0) is 11.3 Å². The first-order valence-corrected chi connectivity index (χ1v) is 9.37. The Bertz CT molecular complexity index is 912. The van der Waals surface area contributed by atoms with E-state index in [1.165, 1.54) is 5.56 Å². The van der Waals surface area contributed by atoms with Crippen LogP contribution in [-0.4, -0.2) is 36.0 Å². The highest BCUT2D eigenvalue weighted by molar-refractivity contribution is 6.00. The van der Waals surface area contributed by atoms with Crippen molar-refractivity contribution in [1.29, 1.82) is 5.26 Å². The molecule has 28 heavy (non-hydrogen) atoms. The van der Waals surface area contributed by atoms with Crippen LogP contribution >= 0.6 is 0 Å². The second-order valence-electron chi connectivity index (χ2n) is 7.46. The number of morpholine rings is 1. The zero-order valence-corrected chi connectivity index (χ0v) is 15.3. The summed E-state index contributed by atoms with van der Waals surface area (Å²) in [5.41, 5.74) is 1.07. The lowest BCUT2D eigenvalue weighted by Crippen LogP contribution is -2.57. The minimum Gasteiger partial charge on any atom is -0.378 e. The van der Waals surface area contributed by atoms with E-state index in [1.807, 2.05) is 24.3 Å². The molecule has 2 aliphatic heterocycles. The molecule has 2 aliphatic rings. The summed E-state index contributed by atoms with van der Waals surface area (Å²) in [5.74, 6) is -2.84. The van der Waals surface area contributed by atoms with Gasteiger partial charge in [-0.25, -0.2) is 8.78 Å². The lowest BCUT2D eigenvalue weighted by atomic mass is 9.79. The molecule has 2 saturated heterocycles. The number of halogens is 2. The van der Waals surface area contributed by atoms with Crippen molar-refractivity contribution < 1.29 is 18.3 Å². The number of nitriles is 1. The molecule has 0 N–H and O–H groups in total. The molecule has 2 heterocycles. The van der Waals surface area contributed by atoms with Crippen molar-refractivity contribution in [3.63, 3.8) is 0 Å². The molecular weight excluding hydrogens is 362 g/mol. The molecule has 0 saturated carbocycles. The van der Waals surface area contributed by atoms with E-state index < -0.39 is 11.6 Å². The monoisotopic (exact) mass is 382 g/mol. The summed E-state index contributed by atoms with van der Waals surface area (Å²) in [6.45, 7) is 1.86. The summed E-state index contributed by atoms with van der Waals surface area (Å²) in [7, 11) is 0. The Kier molecular flexibility index (Phi) is 5.21. The molecule has 0 spiro atoms. The number of Topliss-reactive ketones (excluding diaryl/α,β-unsaturated/α-hetero) is 1. The van der Waals surface area contributed by atoms with Gasteiger partial charge in [-0.3, -0.25) is 9.69 Å².